The Morgan fingerprint density at radius 2 is 1.08 bits per heavy atom. The summed E-state index contributed by atoms with van der Waals surface area (Å²) in [5.74, 6) is 1.90. The predicted molar refractivity (Wildman–Crippen MR) is 309 cm³/mol. The number of hydrogen-bond donors (Lipinski definition) is 0. The number of para-hydroxylation sites is 3. The highest BCUT2D eigenvalue weighted by atomic mass is 15.0. The molecule has 3 aromatic heterocycles. The molecule has 5 heteroatoms. The summed E-state index contributed by atoms with van der Waals surface area (Å²) in [7, 11) is 0. The maximum absolute atomic E-state index is 5.35. The van der Waals surface area contributed by atoms with Crippen molar-refractivity contribution < 1.29 is 0 Å². The molecule has 2 atom stereocenters. The first-order valence-electron chi connectivity index (χ1n) is 25.5. The third-order valence-electron chi connectivity index (χ3n) is 14.9. The molecule has 11 aromatic rings. The first-order chi connectivity index (χ1) is 36.6. The molecule has 3 heterocycles. The van der Waals surface area contributed by atoms with E-state index in [0.29, 0.717) is 23.9 Å². The number of rotatable bonds is 11. The Hall–Kier alpha value is -9.45. The highest BCUT2D eigenvalue weighted by molar-refractivity contribution is 6.29. The lowest BCUT2D eigenvalue weighted by atomic mass is 9.78. The van der Waals surface area contributed by atoms with E-state index in [2.05, 4.69) is 235 Å². The fourth-order valence-electron chi connectivity index (χ4n) is 11.4. The second-order valence-electron chi connectivity index (χ2n) is 19.1. The van der Waals surface area contributed by atoms with Gasteiger partial charge in [-0.2, -0.15) is 0 Å². The molecule has 0 spiro atoms. The number of fused-ring (bicyclic) bond motifs is 7. The van der Waals surface area contributed by atoms with E-state index < -0.39 is 0 Å². The molecule has 352 valence electrons. The first kappa shape index (κ1) is 44.5. The Morgan fingerprint density at radius 1 is 0.514 bits per heavy atom. The molecule has 2 aliphatic rings. The molecule has 0 amide bonds. The highest BCUT2D eigenvalue weighted by Gasteiger charge is 2.33. The molecule has 5 nitrogen and oxygen atoms in total. The lowest BCUT2D eigenvalue weighted by molar-refractivity contribution is 0.817. The summed E-state index contributed by atoms with van der Waals surface area (Å²) >= 11 is 0. The van der Waals surface area contributed by atoms with Gasteiger partial charge in [0.1, 0.15) is 0 Å². The van der Waals surface area contributed by atoms with E-state index >= 15 is 0 Å². The maximum Gasteiger partial charge on any atom is 0.164 e. The molecule has 2 aliphatic carbocycles. The van der Waals surface area contributed by atoms with Crippen LogP contribution in [0.15, 0.2) is 273 Å². The topological polar surface area (TPSA) is 48.5 Å². The van der Waals surface area contributed by atoms with Crippen LogP contribution in [0.5, 0.6) is 0 Å². The van der Waals surface area contributed by atoms with Crippen LogP contribution in [-0.4, -0.2) is 24.1 Å². The summed E-state index contributed by atoms with van der Waals surface area (Å²) in [6.45, 7) is 8.18. The van der Waals surface area contributed by atoms with E-state index in [-0.39, 0.29) is 11.8 Å². The van der Waals surface area contributed by atoms with Crippen LogP contribution in [0.1, 0.15) is 47.5 Å². The quantitative estimate of drug-likeness (QED) is 0.121. The molecule has 0 radical (unpaired) electrons. The molecule has 74 heavy (non-hydrogen) atoms. The third-order valence-corrected chi connectivity index (χ3v) is 14.9. The molecule has 8 aromatic carbocycles. The van der Waals surface area contributed by atoms with Crippen LogP contribution in [0, 0.1) is 0 Å². The minimum atomic E-state index is -0.140. The van der Waals surface area contributed by atoms with Gasteiger partial charge in [-0.1, -0.05) is 219 Å². The Bertz CT molecular complexity index is 4130. The van der Waals surface area contributed by atoms with Gasteiger partial charge >= 0.3 is 0 Å². The average Bonchev–Trinajstić information content (AvgIpc) is 4.00. The minimum Gasteiger partial charge on any atom is -0.312 e. The Labute approximate surface area is 431 Å². The zero-order chi connectivity index (χ0) is 49.5. The number of benzene rings is 8. The van der Waals surface area contributed by atoms with Gasteiger partial charge in [0, 0.05) is 61.5 Å². The molecule has 0 fully saturated rings. The minimum absolute atomic E-state index is 0.140. The zero-order valence-corrected chi connectivity index (χ0v) is 40.9. The summed E-state index contributed by atoms with van der Waals surface area (Å²) in [6.07, 6.45) is 16.5. The summed E-state index contributed by atoms with van der Waals surface area (Å²) < 4.78 is 5.01. The van der Waals surface area contributed by atoms with Crippen molar-refractivity contribution in [3.05, 3.63) is 296 Å². The molecular weight excluding hydrogens is 899 g/mol. The molecule has 0 bridgehead atoms. The fourth-order valence-corrected chi connectivity index (χ4v) is 11.4. The van der Waals surface area contributed by atoms with Crippen LogP contribution < -0.4 is 0 Å². The van der Waals surface area contributed by atoms with Crippen molar-refractivity contribution in [1.82, 2.24) is 24.1 Å². The van der Waals surface area contributed by atoms with Crippen LogP contribution in [0.2, 0.25) is 0 Å². The Kier molecular flexibility index (Phi) is 11.4. The second kappa shape index (κ2) is 18.9. The van der Waals surface area contributed by atoms with Crippen LogP contribution in [0.4, 0.5) is 0 Å². The molecule has 2 unspecified atom stereocenters. The SMILES string of the molecule is C=C/C=C(\C=C)c1nc(C2=CC(C3=CCC(c4ccccc4)C=C3)=C(n3c4ccccc4c4c5c6ccccc6n(-c6ccccc6)c5ccc43)C(c3ccc(-c4ccccc4)cc3)C2)nc(-c2ccccc2)n1. The fraction of sp³-hybridized carbons (Fsp3) is 0.0580. The van der Waals surface area contributed by atoms with Crippen LogP contribution in [0.25, 0.3) is 88.7 Å². The van der Waals surface area contributed by atoms with Crippen LogP contribution in [0.3, 0.4) is 0 Å². The maximum atomic E-state index is 5.35. The predicted octanol–water partition coefficient (Wildman–Crippen LogP) is 17.3. The normalized spacial score (nSPS) is 16.0. The van der Waals surface area contributed by atoms with Crippen molar-refractivity contribution in [3.8, 4) is 28.2 Å². The lowest BCUT2D eigenvalue weighted by Crippen LogP contribution is -2.17. The van der Waals surface area contributed by atoms with Crippen LogP contribution in [-0.2, 0) is 0 Å². The van der Waals surface area contributed by atoms with Gasteiger partial charge in [0.25, 0.3) is 0 Å². The molecule has 13 rings (SSSR count). The van der Waals surface area contributed by atoms with Crippen molar-refractivity contribution in [2.75, 3.05) is 0 Å². The van der Waals surface area contributed by atoms with E-state index in [1.807, 2.05) is 24.3 Å². The number of allylic oxidation sites excluding steroid dienone is 12. The first-order valence-corrected chi connectivity index (χ1v) is 25.5. The van der Waals surface area contributed by atoms with Gasteiger partial charge in [0.15, 0.2) is 17.5 Å². The summed E-state index contributed by atoms with van der Waals surface area (Å²) in [6, 6.07) is 74.2. The smallest absolute Gasteiger partial charge is 0.164 e. The zero-order valence-electron chi connectivity index (χ0n) is 40.9. The van der Waals surface area contributed by atoms with Crippen molar-refractivity contribution in [2.24, 2.45) is 0 Å². The standard InChI is InChI=1S/C69H51N5/c1-3-21-46(4-2)67-70-68(53-26-13-7-14-27-53)72-69(71-67)54-44-58(51-38-34-49(35-39-51)47-22-9-5-10-23-47)66(59(45-54)52-40-36-50(37-41-52)48-24-11-6-12-25-48)74-61-33-20-18-31-57(61)65-63(74)43-42-62-64(65)56-30-17-19-32-60(56)73(62)55-28-15-8-16-29-55/h3-36,38-43,45,50,58H,1-2,37,44H2/b46-21+. The van der Waals surface area contributed by atoms with Gasteiger partial charge in [-0.3, -0.25) is 0 Å². The van der Waals surface area contributed by atoms with Crippen molar-refractivity contribution in [2.45, 2.75) is 24.7 Å². The average molecular weight is 950 g/mol. The van der Waals surface area contributed by atoms with Gasteiger partial charge in [0.05, 0.1) is 22.1 Å². The number of aromatic nitrogens is 5. The highest BCUT2D eigenvalue weighted by Crippen LogP contribution is 2.50. The molecule has 0 saturated carbocycles. The number of nitrogens with zero attached hydrogens (tertiary/aromatic N) is 5. The Morgan fingerprint density at radius 3 is 1.72 bits per heavy atom. The largest absolute Gasteiger partial charge is 0.312 e. The third kappa shape index (κ3) is 7.78. The van der Waals surface area contributed by atoms with E-state index in [4.69, 9.17) is 15.0 Å². The summed E-state index contributed by atoms with van der Waals surface area (Å²) in [5.41, 5.74) is 16.9. The van der Waals surface area contributed by atoms with Crippen molar-refractivity contribution in [3.63, 3.8) is 0 Å². The van der Waals surface area contributed by atoms with Crippen LogP contribution >= 0.6 is 0 Å². The van der Waals surface area contributed by atoms with Gasteiger partial charge in [-0.15, -0.1) is 0 Å². The van der Waals surface area contributed by atoms with E-state index in [1.54, 1.807) is 12.2 Å². The second-order valence-corrected chi connectivity index (χ2v) is 19.1. The monoisotopic (exact) mass is 949 g/mol. The van der Waals surface area contributed by atoms with E-state index in [9.17, 15) is 0 Å². The van der Waals surface area contributed by atoms with Gasteiger partial charge in [0.2, 0.25) is 0 Å². The van der Waals surface area contributed by atoms with Gasteiger partial charge in [-0.25, -0.2) is 15.0 Å². The van der Waals surface area contributed by atoms with Gasteiger partial charge < -0.3 is 9.13 Å². The van der Waals surface area contributed by atoms with Crippen molar-refractivity contribution in [1.29, 1.82) is 0 Å². The Balaban J connectivity index is 1.12. The van der Waals surface area contributed by atoms with E-state index in [0.717, 1.165) is 45.4 Å². The number of hydrogen-bond acceptors (Lipinski definition) is 3. The molecule has 0 aliphatic heterocycles. The summed E-state index contributed by atoms with van der Waals surface area (Å²) in [5, 5.41) is 4.92. The molecule has 0 saturated heterocycles. The molecule has 0 N–H and O–H groups in total. The summed E-state index contributed by atoms with van der Waals surface area (Å²) in [4.78, 5) is 15.7. The van der Waals surface area contributed by atoms with E-state index in [1.165, 1.54) is 66.1 Å². The lowest BCUT2D eigenvalue weighted by Gasteiger charge is -2.32. The van der Waals surface area contributed by atoms with Gasteiger partial charge in [-0.05, 0) is 88.7 Å². The van der Waals surface area contributed by atoms with Crippen molar-refractivity contribution >= 4 is 60.5 Å². The molecular formula is C69H51N5.